The van der Waals surface area contributed by atoms with Gasteiger partial charge in [-0.15, -0.1) is 23.1 Å². The molecule has 0 fully saturated rings. The highest BCUT2D eigenvalue weighted by atomic mass is 35.5. The van der Waals surface area contributed by atoms with E-state index < -0.39 is 0 Å². The van der Waals surface area contributed by atoms with E-state index in [1.807, 2.05) is 17.5 Å². The van der Waals surface area contributed by atoms with Crippen LogP contribution in [0.1, 0.15) is 16.3 Å². The maximum Gasteiger partial charge on any atom is 0.124 e. The topological polar surface area (TPSA) is 12.9 Å². The minimum absolute atomic E-state index is 0.332. The van der Waals surface area contributed by atoms with Gasteiger partial charge >= 0.3 is 0 Å². The Morgan fingerprint density at radius 2 is 1.83 bits per heavy atom. The molecule has 2 aromatic carbocycles. The Kier molecular flexibility index (Phi) is 6.06. The van der Waals surface area contributed by atoms with Crippen LogP contribution in [0.25, 0.3) is 0 Å². The zero-order chi connectivity index (χ0) is 17.1. The summed E-state index contributed by atoms with van der Waals surface area (Å²) >= 11 is 21.2. The number of hydrogen-bond acceptors (Lipinski definition) is 3. The minimum atomic E-state index is -0.332. The van der Waals surface area contributed by atoms with E-state index in [4.69, 9.17) is 34.8 Å². The van der Waals surface area contributed by atoms with Crippen molar-refractivity contribution in [3.8, 4) is 0 Å². The lowest BCUT2D eigenvalue weighted by molar-refractivity contribution is 0.627. The highest BCUT2D eigenvalue weighted by Crippen LogP contribution is 2.30. The van der Waals surface area contributed by atoms with Crippen LogP contribution in [0.5, 0.6) is 0 Å². The largest absolute Gasteiger partial charge is 0.245 e. The Bertz CT molecular complexity index is 867. The molecule has 124 valence electrons. The second-order valence-electron chi connectivity index (χ2n) is 5.01. The monoisotopic (exact) mass is 417 g/mol. The molecule has 0 atom stereocenters. The molecular weight excluding hydrogens is 408 g/mol. The number of rotatable bonds is 5. The van der Waals surface area contributed by atoms with Crippen molar-refractivity contribution in [2.75, 3.05) is 0 Å². The van der Waals surface area contributed by atoms with Gasteiger partial charge in [-0.1, -0.05) is 40.9 Å². The van der Waals surface area contributed by atoms with E-state index in [0.717, 1.165) is 26.9 Å². The summed E-state index contributed by atoms with van der Waals surface area (Å²) in [5.41, 5.74) is 1.86. The van der Waals surface area contributed by atoms with E-state index >= 15 is 0 Å². The van der Waals surface area contributed by atoms with Gasteiger partial charge in [-0.2, -0.15) is 0 Å². The molecule has 0 saturated carbocycles. The standard InChI is InChI=1S/C17H11Cl3FNS2/c18-14-4-3-13(7-16(14)20)23-8-12-9-24-17(22-12)5-10-1-2-11(21)6-15(10)19/h1-4,6-7,9H,5,8H2. The molecule has 0 aliphatic rings. The van der Waals surface area contributed by atoms with Crippen LogP contribution in [0, 0.1) is 5.82 Å². The highest BCUT2D eigenvalue weighted by molar-refractivity contribution is 7.98. The Balaban J connectivity index is 1.63. The molecule has 1 heterocycles. The van der Waals surface area contributed by atoms with Crippen molar-refractivity contribution >= 4 is 57.9 Å². The lowest BCUT2D eigenvalue weighted by Gasteiger charge is -2.02. The summed E-state index contributed by atoms with van der Waals surface area (Å²) in [5, 5.41) is 4.50. The molecule has 3 rings (SSSR count). The lowest BCUT2D eigenvalue weighted by Crippen LogP contribution is -1.90. The third kappa shape index (κ3) is 4.64. The van der Waals surface area contributed by atoms with Gasteiger partial charge in [-0.25, -0.2) is 9.37 Å². The van der Waals surface area contributed by atoms with E-state index in [-0.39, 0.29) is 5.82 Å². The smallest absolute Gasteiger partial charge is 0.124 e. The van der Waals surface area contributed by atoms with Gasteiger partial charge in [0.15, 0.2) is 0 Å². The van der Waals surface area contributed by atoms with E-state index in [1.165, 1.54) is 12.1 Å². The van der Waals surface area contributed by atoms with Crippen LogP contribution in [0.2, 0.25) is 15.1 Å². The quantitative estimate of drug-likeness (QED) is 0.409. The van der Waals surface area contributed by atoms with Gasteiger partial charge < -0.3 is 0 Å². The first-order valence-corrected chi connectivity index (χ1v) is 9.96. The maximum atomic E-state index is 13.1. The van der Waals surface area contributed by atoms with E-state index in [1.54, 1.807) is 35.2 Å². The molecule has 0 unspecified atom stereocenters. The normalized spacial score (nSPS) is 11.0. The molecule has 1 nitrogen and oxygen atoms in total. The van der Waals surface area contributed by atoms with Crippen molar-refractivity contribution in [1.29, 1.82) is 0 Å². The number of benzene rings is 2. The van der Waals surface area contributed by atoms with E-state index in [0.29, 0.717) is 21.5 Å². The fourth-order valence-electron chi connectivity index (χ4n) is 2.05. The van der Waals surface area contributed by atoms with Crippen LogP contribution in [0.4, 0.5) is 4.39 Å². The molecule has 0 amide bonds. The number of nitrogens with zero attached hydrogens (tertiary/aromatic N) is 1. The third-order valence-corrected chi connectivity index (χ3v) is 6.25. The first kappa shape index (κ1) is 18.0. The molecular formula is C17H11Cl3FNS2. The molecule has 24 heavy (non-hydrogen) atoms. The van der Waals surface area contributed by atoms with Gasteiger partial charge in [-0.05, 0) is 35.9 Å². The zero-order valence-corrected chi connectivity index (χ0v) is 16.1. The van der Waals surface area contributed by atoms with Gasteiger partial charge in [-0.3, -0.25) is 0 Å². The second-order valence-corrected chi connectivity index (χ2v) is 8.22. The molecule has 0 N–H and O–H groups in total. The predicted molar refractivity (Wildman–Crippen MR) is 102 cm³/mol. The first-order valence-electron chi connectivity index (χ1n) is 6.96. The molecule has 1 aromatic heterocycles. The number of hydrogen-bond donors (Lipinski definition) is 0. The second kappa shape index (κ2) is 8.07. The van der Waals surface area contributed by atoms with Gasteiger partial charge in [0.05, 0.1) is 20.7 Å². The number of halogens is 4. The highest BCUT2D eigenvalue weighted by Gasteiger charge is 2.08. The van der Waals surface area contributed by atoms with Gasteiger partial charge in [0.1, 0.15) is 5.82 Å². The van der Waals surface area contributed by atoms with E-state index in [2.05, 4.69) is 4.98 Å². The average Bonchev–Trinajstić information content (AvgIpc) is 2.99. The van der Waals surface area contributed by atoms with Crippen LogP contribution >= 0.6 is 57.9 Å². The van der Waals surface area contributed by atoms with Gasteiger partial charge in [0, 0.05) is 27.5 Å². The Hall–Kier alpha value is -0.780. The summed E-state index contributed by atoms with van der Waals surface area (Å²) in [6.07, 6.45) is 0.598. The summed E-state index contributed by atoms with van der Waals surface area (Å²) in [5.74, 6) is 0.410. The number of aromatic nitrogens is 1. The van der Waals surface area contributed by atoms with Crippen molar-refractivity contribution in [2.24, 2.45) is 0 Å². The molecule has 0 bridgehead atoms. The Morgan fingerprint density at radius 3 is 2.58 bits per heavy atom. The summed E-state index contributed by atoms with van der Waals surface area (Å²) in [4.78, 5) is 5.65. The first-order chi connectivity index (χ1) is 11.5. The average molecular weight is 419 g/mol. The van der Waals surface area contributed by atoms with Crippen molar-refractivity contribution in [1.82, 2.24) is 4.98 Å². The maximum absolute atomic E-state index is 13.1. The molecule has 0 aliphatic heterocycles. The number of thiazole rings is 1. The van der Waals surface area contributed by atoms with Gasteiger partial charge in [0.25, 0.3) is 0 Å². The van der Waals surface area contributed by atoms with Crippen LogP contribution in [-0.4, -0.2) is 4.98 Å². The number of thioether (sulfide) groups is 1. The van der Waals surface area contributed by atoms with Crippen molar-refractivity contribution < 1.29 is 4.39 Å². The molecule has 0 spiro atoms. The van der Waals surface area contributed by atoms with Gasteiger partial charge in [0.2, 0.25) is 0 Å². The molecule has 0 radical (unpaired) electrons. The van der Waals surface area contributed by atoms with Crippen molar-refractivity contribution in [3.63, 3.8) is 0 Å². The summed E-state index contributed by atoms with van der Waals surface area (Å²) in [7, 11) is 0. The van der Waals surface area contributed by atoms with Crippen molar-refractivity contribution in [3.05, 3.63) is 78.9 Å². The predicted octanol–water partition coefficient (Wildman–Crippen LogP) is 7.13. The fourth-order valence-corrected chi connectivity index (χ4v) is 4.40. The van der Waals surface area contributed by atoms with Crippen LogP contribution in [0.3, 0.4) is 0 Å². The summed E-state index contributed by atoms with van der Waals surface area (Å²) in [6.45, 7) is 0. The fraction of sp³-hybridized carbons (Fsp3) is 0.118. The Labute approximate surface area is 162 Å². The van der Waals surface area contributed by atoms with Crippen molar-refractivity contribution in [2.45, 2.75) is 17.1 Å². The minimum Gasteiger partial charge on any atom is -0.245 e. The van der Waals surface area contributed by atoms with E-state index in [9.17, 15) is 4.39 Å². The SMILES string of the molecule is Fc1ccc(Cc2nc(CSc3ccc(Cl)c(Cl)c3)cs2)c(Cl)c1. The Morgan fingerprint density at radius 1 is 1.00 bits per heavy atom. The third-order valence-electron chi connectivity index (χ3n) is 3.23. The molecule has 7 heteroatoms. The van der Waals surface area contributed by atoms with Crippen LogP contribution in [-0.2, 0) is 12.2 Å². The van der Waals surface area contributed by atoms with Crippen LogP contribution in [0.15, 0.2) is 46.7 Å². The summed E-state index contributed by atoms with van der Waals surface area (Å²) < 4.78 is 13.1. The summed E-state index contributed by atoms with van der Waals surface area (Å²) in [6, 6.07) is 10.0. The van der Waals surface area contributed by atoms with Crippen LogP contribution < -0.4 is 0 Å². The molecule has 0 saturated heterocycles. The lowest BCUT2D eigenvalue weighted by atomic mass is 10.1. The zero-order valence-electron chi connectivity index (χ0n) is 12.2. The molecule has 0 aliphatic carbocycles. The molecule has 3 aromatic rings.